The fraction of sp³-hybridized carbons (Fsp3) is 0.615. The molecule has 1 aromatic rings. The Morgan fingerprint density at radius 1 is 1.50 bits per heavy atom. The van der Waals surface area contributed by atoms with Crippen LogP contribution < -0.4 is 4.90 Å². The lowest BCUT2D eigenvalue weighted by Gasteiger charge is -2.33. The number of aromatic nitrogens is 1. The SMILES string of the molecule is Cc1cc(CBr)cnc1N1CCCC1(C)C. The highest BCUT2D eigenvalue weighted by molar-refractivity contribution is 9.08. The highest BCUT2D eigenvalue weighted by Crippen LogP contribution is 2.34. The molecule has 16 heavy (non-hydrogen) atoms. The number of nitrogens with zero attached hydrogens (tertiary/aromatic N) is 2. The summed E-state index contributed by atoms with van der Waals surface area (Å²) in [6.07, 6.45) is 4.51. The minimum atomic E-state index is 0.258. The van der Waals surface area contributed by atoms with Crippen LogP contribution in [0.15, 0.2) is 12.3 Å². The first kappa shape index (κ1) is 11.9. The molecule has 2 nitrogen and oxygen atoms in total. The summed E-state index contributed by atoms with van der Waals surface area (Å²) in [6.45, 7) is 7.90. The molecule has 0 unspecified atom stereocenters. The normalized spacial score (nSPS) is 19.1. The number of rotatable bonds is 2. The maximum absolute atomic E-state index is 4.62. The van der Waals surface area contributed by atoms with Crippen molar-refractivity contribution < 1.29 is 0 Å². The lowest BCUT2D eigenvalue weighted by atomic mass is 10.0. The molecule has 0 aliphatic carbocycles. The lowest BCUT2D eigenvalue weighted by molar-refractivity contribution is 0.513. The van der Waals surface area contributed by atoms with E-state index in [4.69, 9.17) is 0 Å². The van der Waals surface area contributed by atoms with Gasteiger partial charge in [-0.3, -0.25) is 0 Å². The number of anilines is 1. The predicted octanol–water partition coefficient (Wildman–Crippen LogP) is 3.66. The van der Waals surface area contributed by atoms with Crippen LogP contribution in [0.5, 0.6) is 0 Å². The van der Waals surface area contributed by atoms with E-state index in [9.17, 15) is 0 Å². The van der Waals surface area contributed by atoms with Gasteiger partial charge in [-0.2, -0.15) is 0 Å². The summed E-state index contributed by atoms with van der Waals surface area (Å²) >= 11 is 3.47. The average molecular weight is 283 g/mol. The first-order chi connectivity index (χ1) is 7.54. The van der Waals surface area contributed by atoms with Gasteiger partial charge in [0.15, 0.2) is 0 Å². The molecule has 88 valence electrons. The number of alkyl halides is 1. The smallest absolute Gasteiger partial charge is 0.131 e. The number of hydrogen-bond donors (Lipinski definition) is 0. The van der Waals surface area contributed by atoms with E-state index in [1.54, 1.807) is 0 Å². The third kappa shape index (κ3) is 2.10. The van der Waals surface area contributed by atoms with Crippen LogP contribution in [0.1, 0.15) is 37.8 Å². The summed E-state index contributed by atoms with van der Waals surface area (Å²) in [5.41, 5.74) is 2.79. The van der Waals surface area contributed by atoms with Crippen molar-refractivity contribution >= 4 is 21.7 Å². The molecule has 0 atom stereocenters. The van der Waals surface area contributed by atoms with E-state index in [0.29, 0.717) is 0 Å². The van der Waals surface area contributed by atoms with Crippen LogP contribution >= 0.6 is 15.9 Å². The van der Waals surface area contributed by atoms with Crippen molar-refractivity contribution in [2.75, 3.05) is 11.4 Å². The van der Waals surface area contributed by atoms with Crippen molar-refractivity contribution in [2.24, 2.45) is 0 Å². The van der Waals surface area contributed by atoms with Crippen LogP contribution in [0.4, 0.5) is 5.82 Å². The van der Waals surface area contributed by atoms with Crippen LogP contribution in [0.2, 0.25) is 0 Å². The first-order valence-corrected chi connectivity index (χ1v) is 6.96. The van der Waals surface area contributed by atoms with E-state index in [1.807, 2.05) is 6.20 Å². The number of aryl methyl sites for hydroxylation is 1. The summed E-state index contributed by atoms with van der Waals surface area (Å²) in [5, 5.41) is 0.879. The summed E-state index contributed by atoms with van der Waals surface area (Å²) in [5.74, 6) is 1.16. The highest BCUT2D eigenvalue weighted by Gasteiger charge is 2.33. The van der Waals surface area contributed by atoms with Gasteiger partial charge in [-0.25, -0.2) is 4.98 Å². The van der Waals surface area contributed by atoms with Crippen molar-refractivity contribution in [3.8, 4) is 0 Å². The van der Waals surface area contributed by atoms with Gasteiger partial charge in [0.25, 0.3) is 0 Å². The monoisotopic (exact) mass is 282 g/mol. The molecule has 0 N–H and O–H groups in total. The van der Waals surface area contributed by atoms with Gasteiger partial charge in [0.1, 0.15) is 5.82 Å². The van der Waals surface area contributed by atoms with Gasteiger partial charge in [-0.15, -0.1) is 0 Å². The maximum atomic E-state index is 4.62. The van der Waals surface area contributed by atoms with Crippen LogP contribution in [-0.2, 0) is 5.33 Å². The van der Waals surface area contributed by atoms with E-state index in [1.165, 1.54) is 24.0 Å². The van der Waals surface area contributed by atoms with Gasteiger partial charge in [0, 0.05) is 23.6 Å². The van der Waals surface area contributed by atoms with E-state index < -0.39 is 0 Å². The van der Waals surface area contributed by atoms with Crippen LogP contribution in [0.3, 0.4) is 0 Å². The summed E-state index contributed by atoms with van der Waals surface area (Å²) in [4.78, 5) is 7.07. The average Bonchev–Trinajstić information content (AvgIpc) is 2.58. The molecule has 1 saturated heterocycles. The Labute approximate surface area is 106 Å². The summed E-state index contributed by atoms with van der Waals surface area (Å²) in [7, 11) is 0. The van der Waals surface area contributed by atoms with Gasteiger partial charge >= 0.3 is 0 Å². The molecule has 1 aliphatic rings. The quantitative estimate of drug-likeness (QED) is 0.770. The third-order valence-electron chi connectivity index (χ3n) is 3.42. The standard InChI is InChI=1S/C13H19BrN2/c1-10-7-11(8-14)9-15-12(10)16-6-4-5-13(16,2)3/h7,9H,4-6,8H2,1-3H3. The highest BCUT2D eigenvalue weighted by atomic mass is 79.9. The lowest BCUT2D eigenvalue weighted by Crippen LogP contribution is -2.39. The molecule has 1 fully saturated rings. The topological polar surface area (TPSA) is 16.1 Å². The molecule has 3 heteroatoms. The molecule has 0 amide bonds. The Kier molecular flexibility index (Phi) is 3.24. The zero-order chi connectivity index (χ0) is 11.8. The second-order valence-corrected chi connectivity index (χ2v) is 5.75. The van der Waals surface area contributed by atoms with Crippen LogP contribution in [-0.4, -0.2) is 17.1 Å². The van der Waals surface area contributed by atoms with Gasteiger partial charge in [-0.05, 0) is 44.7 Å². The van der Waals surface area contributed by atoms with Crippen LogP contribution in [0.25, 0.3) is 0 Å². The molecule has 0 bridgehead atoms. The number of hydrogen-bond acceptors (Lipinski definition) is 2. The fourth-order valence-corrected chi connectivity index (χ4v) is 2.79. The second-order valence-electron chi connectivity index (χ2n) is 5.19. The van der Waals surface area contributed by atoms with Gasteiger partial charge in [0.2, 0.25) is 0 Å². The Balaban J connectivity index is 2.34. The maximum Gasteiger partial charge on any atom is 0.131 e. The van der Waals surface area contributed by atoms with Crippen molar-refractivity contribution in [2.45, 2.75) is 44.5 Å². The Hall–Kier alpha value is -0.570. The molecular formula is C13H19BrN2. The molecule has 1 aliphatic heterocycles. The fourth-order valence-electron chi connectivity index (χ4n) is 2.48. The summed E-state index contributed by atoms with van der Waals surface area (Å²) < 4.78 is 0. The minimum absolute atomic E-state index is 0.258. The molecule has 1 aromatic heterocycles. The molecule has 0 spiro atoms. The van der Waals surface area contributed by atoms with Crippen molar-refractivity contribution in [1.82, 2.24) is 4.98 Å². The Morgan fingerprint density at radius 2 is 2.25 bits per heavy atom. The molecule has 0 saturated carbocycles. The zero-order valence-corrected chi connectivity index (χ0v) is 11.8. The number of halogens is 1. The zero-order valence-electron chi connectivity index (χ0n) is 10.3. The largest absolute Gasteiger partial charge is 0.351 e. The van der Waals surface area contributed by atoms with Gasteiger partial charge < -0.3 is 4.90 Å². The van der Waals surface area contributed by atoms with Crippen molar-refractivity contribution in [3.05, 3.63) is 23.4 Å². The van der Waals surface area contributed by atoms with E-state index in [0.717, 1.165) is 17.7 Å². The molecule has 0 aromatic carbocycles. The van der Waals surface area contributed by atoms with E-state index >= 15 is 0 Å². The van der Waals surface area contributed by atoms with Crippen molar-refractivity contribution in [1.29, 1.82) is 0 Å². The van der Waals surface area contributed by atoms with Gasteiger partial charge in [0.05, 0.1) is 0 Å². The molecule has 0 radical (unpaired) electrons. The molecular weight excluding hydrogens is 264 g/mol. The number of pyridine rings is 1. The summed E-state index contributed by atoms with van der Waals surface area (Å²) in [6, 6.07) is 2.23. The van der Waals surface area contributed by atoms with Crippen LogP contribution in [0, 0.1) is 6.92 Å². The Morgan fingerprint density at radius 3 is 2.75 bits per heavy atom. The van der Waals surface area contributed by atoms with E-state index in [2.05, 4.69) is 52.7 Å². The first-order valence-electron chi connectivity index (χ1n) is 5.84. The predicted molar refractivity (Wildman–Crippen MR) is 72.3 cm³/mol. The molecule has 2 heterocycles. The second kappa shape index (κ2) is 4.36. The van der Waals surface area contributed by atoms with Crippen molar-refractivity contribution in [3.63, 3.8) is 0 Å². The molecule has 2 rings (SSSR count). The minimum Gasteiger partial charge on any atom is -0.351 e. The van der Waals surface area contributed by atoms with E-state index in [-0.39, 0.29) is 5.54 Å². The Bertz CT molecular complexity index is 388. The van der Waals surface area contributed by atoms with Gasteiger partial charge in [-0.1, -0.05) is 22.0 Å². The third-order valence-corrected chi connectivity index (χ3v) is 4.07.